The van der Waals surface area contributed by atoms with Crippen molar-refractivity contribution in [1.29, 1.82) is 0 Å². The summed E-state index contributed by atoms with van der Waals surface area (Å²) in [5, 5.41) is 1.13. The van der Waals surface area contributed by atoms with Gasteiger partial charge in [0.25, 0.3) is 5.91 Å². The Bertz CT molecular complexity index is 1180. The maximum absolute atomic E-state index is 14.1. The number of carbonyl (C=O) groups is 1. The minimum atomic E-state index is -0.310. The lowest BCUT2D eigenvalue weighted by molar-refractivity contribution is 0.0592. The van der Waals surface area contributed by atoms with E-state index in [2.05, 4.69) is 18.7 Å². The first-order valence-corrected chi connectivity index (χ1v) is 12.4. The maximum Gasteiger partial charge on any atom is 0.289 e. The largest absolute Gasteiger partial charge is 0.485 e. The molecule has 0 bridgehead atoms. The lowest BCUT2D eigenvalue weighted by Crippen LogP contribution is -2.48. The Hall–Kier alpha value is -2.54. The fraction of sp³-hybridized carbons (Fsp3) is 0.370. The zero-order chi connectivity index (χ0) is 25.1. The van der Waals surface area contributed by atoms with Crippen molar-refractivity contribution in [2.45, 2.75) is 39.8 Å². The molecule has 1 amide bonds. The highest BCUT2D eigenvalue weighted by Crippen LogP contribution is 2.32. The number of piperazine rings is 1. The Balaban J connectivity index is 1.33. The summed E-state index contributed by atoms with van der Waals surface area (Å²) in [4.78, 5) is 16.8. The van der Waals surface area contributed by atoms with Crippen LogP contribution in [0.3, 0.4) is 0 Å². The minimum absolute atomic E-state index is 0.162. The molecule has 0 aliphatic carbocycles. The molecule has 1 fully saturated rings. The van der Waals surface area contributed by atoms with Gasteiger partial charge in [-0.3, -0.25) is 9.69 Å². The molecule has 5 nitrogen and oxygen atoms in total. The average Bonchev–Trinajstić information content (AvgIpc) is 3.31. The minimum Gasteiger partial charge on any atom is -0.485 e. The molecule has 0 N–H and O–H groups in total. The lowest BCUT2D eigenvalue weighted by atomic mass is 10.0. The Morgan fingerprint density at radius 3 is 2.51 bits per heavy atom. The van der Waals surface area contributed by atoms with Gasteiger partial charge in [-0.05, 0) is 60.4 Å². The molecule has 0 atom stereocenters. The first-order chi connectivity index (χ1) is 16.7. The Labute approximate surface area is 215 Å². The summed E-state index contributed by atoms with van der Waals surface area (Å²) in [6, 6.07) is 12.0. The number of amides is 1. The number of hydrogen-bond acceptors (Lipinski definition) is 4. The van der Waals surface area contributed by atoms with E-state index < -0.39 is 0 Å². The van der Waals surface area contributed by atoms with Gasteiger partial charge in [-0.15, -0.1) is 0 Å². The summed E-state index contributed by atoms with van der Waals surface area (Å²) in [5.74, 6) is 1.40. The van der Waals surface area contributed by atoms with Crippen LogP contribution in [0.15, 0.2) is 46.9 Å². The number of benzene rings is 2. The first kappa shape index (κ1) is 25.5. The fourth-order valence-electron chi connectivity index (χ4n) is 4.14. The SMILES string of the molecule is Cc1cc(OCc2ccc(C(=O)N3CCN(Cc4c(F)cccc4Cl)CC3)o2)c(C(C)C)cc1Cl. The van der Waals surface area contributed by atoms with E-state index in [9.17, 15) is 9.18 Å². The van der Waals surface area contributed by atoms with Crippen LogP contribution in [-0.4, -0.2) is 41.9 Å². The van der Waals surface area contributed by atoms with Crippen LogP contribution in [0.5, 0.6) is 5.75 Å². The topological polar surface area (TPSA) is 45.9 Å². The van der Waals surface area contributed by atoms with Gasteiger partial charge in [0, 0.05) is 48.3 Å². The van der Waals surface area contributed by atoms with E-state index in [4.69, 9.17) is 32.4 Å². The van der Waals surface area contributed by atoms with Crippen molar-refractivity contribution >= 4 is 29.1 Å². The van der Waals surface area contributed by atoms with Gasteiger partial charge >= 0.3 is 0 Å². The summed E-state index contributed by atoms with van der Waals surface area (Å²) in [6.45, 7) is 9.04. The highest BCUT2D eigenvalue weighted by molar-refractivity contribution is 6.31. The quantitative estimate of drug-likeness (QED) is 0.349. The summed E-state index contributed by atoms with van der Waals surface area (Å²) < 4.78 is 25.9. The van der Waals surface area contributed by atoms with E-state index >= 15 is 0 Å². The number of nitrogens with zero attached hydrogens (tertiary/aromatic N) is 2. The molecule has 35 heavy (non-hydrogen) atoms. The Morgan fingerprint density at radius 1 is 1.09 bits per heavy atom. The van der Waals surface area contributed by atoms with Gasteiger partial charge in [-0.2, -0.15) is 0 Å². The third kappa shape index (κ3) is 6.00. The van der Waals surface area contributed by atoms with E-state index in [1.807, 2.05) is 19.1 Å². The van der Waals surface area contributed by atoms with Crippen LogP contribution in [0.2, 0.25) is 10.0 Å². The van der Waals surface area contributed by atoms with Crippen molar-refractivity contribution in [2.24, 2.45) is 0 Å². The van der Waals surface area contributed by atoms with E-state index in [0.29, 0.717) is 54.1 Å². The molecular weight excluding hydrogens is 490 g/mol. The van der Waals surface area contributed by atoms with Crippen molar-refractivity contribution in [3.8, 4) is 5.75 Å². The standard InChI is InChI=1S/C27H29Cl2FN2O3/c1-17(2)20-14-23(29)18(3)13-26(20)34-16-19-7-8-25(35-19)27(33)32-11-9-31(10-12-32)15-21-22(28)5-4-6-24(21)30/h4-8,13-14,17H,9-12,15-16H2,1-3H3. The van der Waals surface area contributed by atoms with Crippen molar-refractivity contribution in [3.05, 3.63) is 86.5 Å². The van der Waals surface area contributed by atoms with Gasteiger partial charge < -0.3 is 14.1 Å². The monoisotopic (exact) mass is 518 g/mol. The number of halogens is 3. The van der Waals surface area contributed by atoms with E-state index in [1.165, 1.54) is 6.07 Å². The van der Waals surface area contributed by atoms with Crippen LogP contribution in [0.1, 0.15) is 52.8 Å². The first-order valence-electron chi connectivity index (χ1n) is 11.7. The van der Waals surface area contributed by atoms with Gasteiger partial charge in [-0.1, -0.05) is 43.1 Å². The number of ether oxygens (including phenoxy) is 1. The van der Waals surface area contributed by atoms with E-state index in [0.717, 1.165) is 16.9 Å². The molecule has 0 radical (unpaired) electrons. The van der Waals surface area contributed by atoms with Gasteiger partial charge in [0.05, 0.1) is 0 Å². The van der Waals surface area contributed by atoms with Gasteiger partial charge in [0.2, 0.25) is 0 Å². The van der Waals surface area contributed by atoms with Gasteiger partial charge in [0.1, 0.15) is 23.9 Å². The van der Waals surface area contributed by atoms with Crippen LogP contribution in [0.25, 0.3) is 0 Å². The van der Waals surface area contributed by atoms with Gasteiger partial charge in [-0.25, -0.2) is 4.39 Å². The number of furan rings is 1. The molecule has 0 saturated carbocycles. The van der Waals surface area contributed by atoms with Crippen LogP contribution < -0.4 is 4.74 Å². The number of hydrogen-bond donors (Lipinski definition) is 0. The molecule has 1 aromatic heterocycles. The lowest BCUT2D eigenvalue weighted by Gasteiger charge is -2.34. The van der Waals surface area contributed by atoms with Crippen molar-refractivity contribution in [2.75, 3.05) is 26.2 Å². The highest BCUT2D eigenvalue weighted by Gasteiger charge is 2.25. The predicted molar refractivity (Wildman–Crippen MR) is 136 cm³/mol. The average molecular weight is 519 g/mol. The van der Waals surface area contributed by atoms with Crippen LogP contribution in [-0.2, 0) is 13.2 Å². The van der Waals surface area contributed by atoms with Crippen LogP contribution in [0, 0.1) is 12.7 Å². The third-order valence-electron chi connectivity index (χ3n) is 6.26. The second-order valence-electron chi connectivity index (χ2n) is 9.12. The molecule has 1 aliphatic rings. The molecule has 2 aromatic carbocycles. The molecule has 2 heterocycles. The number of aryl methyl sites for hydroxylation is 1. The zero-order valence-corrected chi connectivity index (χ0v) is 21.6. The van der Waals surface area contributed by atoms with Crippen LogP contribution >= 0.6 is 23.2 Å². The zero-order valence-electron chi connectivity index (χ0n) is 20.1. The third-order valence-corrected chi connectivity index (χ3v) is 7.02. The molecule has 4 rings (SSSR count). The fourth-order valence-corrected chi connectivity index (χ4v) is 4.53. The number of rotatable bonds is 7. The van der Waals surface area contributed by atoms with E-state index in [-0.39, 0.29) is 30.0 Å². The summed E-state index contributed by atoms with van der Waals surface area (Å²) in [6.07, 6.45) is 0. The van der Waals surface area contributed by atoms with Crippen molar-refractivity contribution < 1.29 is 18.3 Å². The summed E-state index contributed by atoms with van der Waals surface area (Å²) in [5.41, 5.74) is 2.46. The molecule has 1 saturated heterocycles. The van der Waals surface area contributed by atoms with E-state index in [1.54, 1.807) is 29.2 Å². The smallest absolute Gasteiger partial charge is 0.289 e. The molecule has 0 spiro atoms. The molecule has 3 aromatic rings. The molecule has 1 aliphatic heterocycles. The highest BCUT2D eigenvalue weighted by atomic mass is 35.5. The molecule has 0 unspecified atom stereocenters. The van der Waals surface area contributed by atoms with Gasteiger partial charge in [0.15, 0.2) is 5.76 Å². The second-order valence-corrected chi connectivity index (χ2v) is 9.93. The molecule has 8 heteroatoms. The van der Waals surface area contributed by atoms with Crippen molar-refractivity contribution in [1.82, 2.24) is 9.80 Å². The predicted octanol–water partition coefficient (Wildman–Crippen LogP) is 6.69. The summed E-state index contributed by atoms with van der Waals surface area (Å²) >= 11 is 12.4. The van der Waals surface area contributed by atoms with Crippen molar-refractivity contribution in [3.63, 3.8) is 0 Å². The maximum atomic E-state index is 14.1. The van der Waals surface area contributed by atoms with Crippen LogP contribution in [0.4, 0.5) is 4.39 Å². The molecular formula is C27H29Cl2FN2O3. The normalized spacial score (nSPS) is 14.5. The summed E-state index contributed by atoms with van der Waals surface area (Å²) in [7, 11) is 0. The number of carbonyl (C=O) groups excluding carboxylic acids is 1. The second kappa shape index (κ2) is 11.0. The Kier molecular flexibility index (Phi) is 8.05. The Morgan fingerprint density at radius 2 is 1.83 bits per heavy atom. The molecule has 186 valence electrons.